The molecular weight excluding hydrogens is 420 g/mol. The molecular formula is C26H26N2O5. The van der Waals surface area contributed by atoms with Gasteiger partial charge in [0.05, 0.1) is 19.9 Å². The molecule has 170 valence electrons. The second kappa shape index (κ2) is 11.4. The summed E-state index contributed by atoms with van der Waals surface area (Å²) in [6, 6.07) is 19.2. The number of ether oxygens (including phenoxy) is 3. The van der Waals surface area contributed by atoms with E-state index in [0.717, 1.165) is 5.56 Å². The number of para-hydroxylation sites is 2. The lowest BCUT2D eigenvalue weighted by atomic mass is 10.1. The molecule has 0 atom stereocenters. The quantitative estimate of drug-likeness (QED) is 0.441. The summed E-state index contributed by atoms with van der Waals surface area (Å²) in [7, 11) is 3.09. The Kier molecular flexibility index (Phi) is 8.07. The lowest BCUT2D eigenvalue weighted by molar-refractivity contribution is -0.118. The first-order valence-electron chi connectivity index (χ1n) is 10.3. The van der Waals surface area contributed by atoms with E-state index in [1.165, 1.54) is 0 Å². The van der Waals surface area contributed by atoms with Crippen LogP contribution in [0.1, 0.15) is 15.9 Å². The van der Waals surface area contributed by atoms with Crippen molar-refractivity contribution in [3.63, 3.8) is 0 Å². The smallest absolute Gasteiger partial charge is 0.262 e. The minimum Gasteiger partial charge on any atom is -0.495 e. The molecule has 7 heteroatoms. The first kappa shape index (κ1) is 23.4. The number of nitrogens with one attached hydrogen (secondary N) is 2. The SMILES string of the molecule is C=CCc1ccc(OCC(=O)Nc2ccc(C(=O)Nc3ccccc3OC)cc2)c(OC)c1. The van der Waals surface area contributed by atoms with Crippen LogP contribution in [0.25, 0.3) is 0 Å². The maximum atomic E-state index is 12.5. The molecule has 0 aliphatic rings. The molecule has 0 aromatic heterocycles. The van der Waals surface area contributed by atoms with Crippen molar-refractivity contribution in [3.05, 3.63) is 90.5 Å². The van der Waals surface area contributed by atoms with Gasteiger partial charge < -0.3 is 24.8 Å². The summed E-state index contributed by atoms with van der Waals surface area (Å²) in [4.78, 5) is 24.8. The first-order chi connectivity index (χ1) is 16.0. The van der Waals surface area contributed by atoms with Crippen molar-refractivity contribution < 1.29 is 23.8 Å². The molecule has 0 heterocycles. The van der Waals surface area contributed by atoms with E-state index in [1.54, 1.807) is 62.8 Å². The lowest BCUT2D eigenvalue weighted by Crippen LogP contribution is -2.20. The monoisotopic (exact) mass is 446 g/mol. The third kappa shape index (κ3) is 6.36. The topological polar surface area (TPSA) is 85.9 Å². The van der Waals surface area contributed by atoms with Gasteiger partial charge in [-0.1, -0.05) is 24.3 Å². The summed E-state index contributed by atoms with van der Waals surface area (Å²) in [5, 5.41) is 5.56. The predicted molar refractivity (Wildman–Crippen MR) is 128 cm³/mol. The molecule has 0 aliphatic carbocycles. The highest BCUT2D eigenvalue weighted by Gasteiger charge is 2.11. The minimum absolute atomic E-state index is 0.187. The van der Waals surface area contributed by atoms with E-state index < -0.39 is 0 Å². The maximum absolute atomic E-state index is 12.5. The van der Waals surface area contributed by atoms with Gasteiger partial charge in [-0.2, -0.15) is 0 Å². The molecule has 0 spiro atoms. The number of allylic oxidation sites excluding steroid dienone is 1. The van der Waals surface area contributed by atoms with E-state index >= 15 is 0 Å². The Morgan fingerprint density at radius 3 is 2.30 bits per heavy atom. The van der Waals surface area contributed by atoms with Crippen molar-refractivity contribution in [1.29, 1.82) is 0 Å². The lowest BCUT2D eigenvalue weighted by Gasteiger charge is -2.12. The Morgan fingerprint density at radius 2 is 1.61 bits per heavy atom. The summed E-state index contributed by atoms with van der Waals surface area (Å²) in [5.41, 5.74) is 2.60. The molecule has 0 bridgehead atoms. The largest absolute Gasteiger partial charge is 0.495 e. The van der Waals surface area contributed by atoms with Crippen LogP contribution in [0.5, 0.6) is 17.2 Å². The zero-order chi connectivity index (χ0) is 23.6. The first-order valence-corrected chi connectivity index (χ1v) is 10.3. The van der Waals surface area contributed by atoms with Crippen LogP contribution in [0, 0.1) is 0 Å². The van der Waals surface area contributed by atoms with Crippen molar-refractivity contribution in [2.75, 3.05) is 31.5 Å². The standard InChI is InChI=1S/C26H26N2O5/c1-4-7-18-10-15-23(24(16-18)32-3)33-17-25(29)27-20-13-11-19(12-14-20)26(30)28-21-8-5-6-9-22(21)31-2/h4-6,8-16H,1,7,17H2,2-3H3,(H,27,29)(H,28,30). The van der Waals surface area contributed by atoms with Gasteiger partial charge in [0.15, 0.2) is 18.1 Å². The highest BCUT2D eigenvalue weighted by molar-refractivity contribution is 6.05. The number of hydrogen-bond acceptors (Lipinski definition) is 5. The number of anilines is 2. The molecule has 0 unspecified atom stereocenters. The van der Waals surface area contributed by atoms with Crippen molar-refractivity contribution in [2.24, 2.45) is 0 Å². The summed E-state index contributed by atoms with van der Waals surface area (Å²) in [6.45, 7) is 3.53. The zero-order valence-corrected chi connectivity index (χ0v) is 18.6. The minimum atomic E-state index is -0.335. The molecule has 3 aromatic rings. The fourth-order valence-electron chi connectivity index (χ4n) is 3.11. The number of carbonyl (C=O) groups excluding carboxylic acids is 2. The molecule has 0 saturated heterocycles. The van der Waals surface area contributed by atoms with Crippen LogP contribution < -0.4 is 24.8 Å². The molecule has 2 amide bonds. The molecule has 3 aromatic carbocycles. The van der Waals surface area contributed by atoms with Crippen molar-refractivity contribution in [1.82, 2.24) is 0 Å². The van der Waals surface area contributed by atoms with E-state index in [2.05, 4.69) is 17.2 Å². The van der Waals surface area contributed by atoms with E-state index in [9.17, 15) is 9.59 Å². The average Bonchev–Trinajstić information content (AvgIpc) is 2.84. The van der Waals surface area contributed by atoms with Crippen molar-refractivity contribution in [3.8, 4) is 17.2 Å². The van der Waals surface area contributed by atoms with Crippen LogP contribution in [0.3, 0.4) is 0 Å². The van der Waals surface area contributed by atoms with E-state index in [0.29, 0.717) is 40.6 Å². The second-order valence-corrected chi connectivity index (χ2v) is 7.05. The number of hydrogen-bond donors (Lipinski definition) is 2. The predicted octanol–water partition coefficient (Wildman–Crippen LogP) is 4.70. The molecule has 33 heavy (non-hydrogen) atoms. The molecule has 0 aliphatic heterocycles. The van der Waals surface area contributed by atoms with Crippen LogP contribution in [0.2, 0.25) is 0 Å². The third-order valence-corrected chi connectivity index (χ3v) is 4.75. The van der Waals surface area contributed by atoms with Gasteiger partial charge in [0, 0.05) is 11.3 Å². The summed E-state index contributed by atoms with van der Waals surface area (Å²) >= 11 is 0. The highest BCUT2D eigenvalue weighted by Crippen LogP contribution is 2.28. The fraction of sp³-hybridized carbons (Fsp3) is 0.154. The van der Waals surface area contributed by atoms with Crippen LogP contribution in [0.15, 0.2) is 79.4 Å². The number of carbonyl (C=O) groups is 2. The number of rotatable bonds is 10. The highest BCUT2D eigenvalue weighted by atomic mass is 16.5. The molecule has 0 radical (unpaired) electrons. The molecule has 3 rings (SSSR count). The Balaban J connectivity index is 1.56. The van der Waals surface area contributed by atoms with Gasteiger partial charge in [-0.25, -0.2) is 0 Å². The third-order valence-electron chi connectivity index (χ3n) is 4.75. The Labute approximate surface area is 193 Å². The Morgan fingerprint density at radius 1 is 0.879 bits per heavy atom. The number of benzene rings is 3. The van der Waals surface area contributed by atoms with Gasteiger partial charge in [-0.15, -0.1) is 6.58 Å². The Hall–Kier alpha value is -4.26. The normalized spacial score (nSPS) is 10.1. The summed E-state index contributed by atoms with van der Waals surface area (Å²) in [5.74, 6) is 0.976. The van der Waals surface area contributed by atoms with E-state index in [1.807, 2.05) is 24.3 Å². The molecule has 0 saturated carbocycles. The molecule has 0 fully saturated rings. The fourth-order valence-corrected chi connectivity index (χ4v) is 3.11. The molecule has 7 nitrogen and oxygen atoms in total. The van der Waals surface area contributed by atoms with Crippen LogP contribution in [-0.4, -0.2) is 32.6 Å². The maximum Gasteiger partial charge on any atom is 0.262 e. The van der Waals surface area contributed by atoms with E-state index in [4.69, 9.17) is 14.2 Å². The number of amides is 2. The second-order valence-electron chi connectivity index (χ2n) is 7.05. The van der Waals surface area contributed by atoms with Gasteiger partial charge >= 0.3 is 0 Å². The van der Waals surface area contributed by atoms with Gasteiger partial charge in [0.2, 0.25) is 0 Å². The summed E-state index contributed by atoms with van der Waals surface area (Å²) in [6.07, 6.45) is 2.51. The average molecular weight is 447 g/mol. The van der Waals surface area contributed by atoms with Gasteiger partial charge in [0.1, 0.15) is 5.75 Å². The van der Waals surface area contributed by atoms with Gasteiger partial charge in [0.25, 0.3) is 11.8 Å². The van der Waals surface area contributed by atoms with Crippen molar-refractivity contribution >= 4 is 23.2 Å². The van der Waals surface area contributed by atoms with Gasteiger partial charge in [-0.3, -0.25) is 9.59 Å². The Bertz CT molecular complexity index is 1130. The van der Waals surface area contributed by atoms with Crippen LogP contribution >= 0.6 is 0 Å². The van der Waals surface area contributed by atoms with E-state index in [-0.39, 0.29) is 18.4 Å². The van der Waals surface area contributed by atoms with Gasteiger partial charge in [-0.05, 0) is 60.5 Å². The van der Waals surface area contributed by atoms with Crippen LogP contribution in [-0.2, 0) is 11.2 Å². The number of methoxy groups -OCH3 is 2. The molecule has 2 N–H and O–H groups in total. The van der Waals surface area contributed by atoms with Crippen LogP contribution in [0.4, 0.5) is 11.4 Å². The van der Waals surface area contributed by atoms with Crippen molar-refractivity contribution in [2.45, 2.75) is 6.42 Å². The zero-order valence-electron chi connectivity index (χ0n) is 18.6. The summed E-state index contributed by atoms with van der Waals surface area (Å²) < 4.78 is 16.2.